The predicted octanol–water partition coefficient (Wildman–Crippen LogP) is 5.61. The number of benzene rings is 1. The number of halogens is 2. The maximum absolute atomic E-state index is 6.46. The van der Waals surface area contributed by atoms with E-state index >= 15 is 0 Å². The van der Waals surface area contributed by atoms with E-state index in [-0.39, 0.29) is 4.83 Å². The van der Waals surface area contributed by atoms with Crippen LogP contribution in [0.3, 0.4) is 0 Å². The van der Waals surface area contributed by atoms with Crippen LogP contribution in [0.4, 0.5) is 0 Å². The van der Waals surface area contributed by atoms with Gasteiger partial charge < -0.3 is 9.47 Å². The van der Waals surface area contributed by atoms with Crippen molar-refractivity contribution in [2.24, 2.45) is 0 Å². The van der Waals surface area contributed by atoms with Crippen LogP contribution in [0.2, 0.25) is 5.02 Å². The zero-order chi connectivity index (χ0) is 14.8. The fraction of sp³-hybridized carbons (Fsp3) is 0.375. The fourth-order valence-corrected chi connectivity index (χ4v) is 4.78. The molecule has 21 heavy (non-hydrogen) atoms. The minimum atomic E-state index is 0.0807. The van der Waals surface area contributed by atoms with Gasteiger partial charge in [0.05, 0.1) is 18.0 Å². The van der Waals surface area contributed by atoms with Gasteiger partial charge in [-0.2, -0.15) is 0 Å². The Morgan fingerprint density at radius 3 is 2.71 bits per heavy atom. The van der Waals surface area contributed by atoms with E-state index in [1.807, 2.05) is 12.1 Å². The second-order valence-electron chi connectivity index (χ2n) is 4.90. The number of hydrogen-bond acceptors (Lipinski definition) is 3. The molecule has 0 radical (unpaired) electrons. The monoisotopic (exact) mass is 386 g/mol. The molecule has 1 aromatic carbocycles. The minimum absolute atomic E-state index is 0.0807. The summed E-state index contributed by atoms with van der Waals surface area (Å²) < 4.78 is 11.4. The molecule has 0 amide bonds. The molecular formula is C16H16BrClO2S. The average Bonchev–Trinajstić information content (AvgIpc) is 2.85. The van der Waals surface area contributed by atoms with Crippen molar-refractivity contribution in [3.05, 3.63) is 44.6 Å². The van der Waals surface area contributed by atoms with Crippen molar-refractivity contribution < 1.29 is 9.47 Å². The molecule has 0 bridgehead atoms. The lowest BCUT2D eigenvalue weighted by molar-refractivity contribution is 0.297. The smallest absolute Gasteiger partial charge is 0.162 e. The van der Waals surface area contributed by atoms with Crippen LogP contribution >= 0.6 is 38.9 Å². The van der Waals surface area contributed by atoms with Gasteiger partial charge in [-0.3, -0.25) is 0 Å². The van der Waals surface area contributed by atoms with Gasteiger partial charge >= 0.3 is 0 Å². The molecular weight excluding hydrogens is 372 g/mol. The highest BCUT2D eigenvalue weighted by atomic mass is 79.9. The Bertz CT molecular complexity index is 641. The summed E-state index contributed by atoms with van der Waals surface area (Å²) in [7, 11) is 0. The molecule has 5 heteroatoms. The van der Waals surface area contributed by atoms with Crippen LogP contribution in [0.25, 0.3) is 0 Å². The van der Waals surface area contributed by atoms with E-state index in [0.29, 0.717) is 18.2 Å². The minimum Gasteiger partial charge on any atom is -0.490 e. The second-order valence-corrected chi connectivity index (χ2v) is 7.17. The molecule has 1 atom stereocenters. The molecule has 0 saturated carbocycles. The van der Waals surface area contributed by atoms with E-state index in [1.54, 1.807) is 11.3 Å². The Morgan fingerprint density at radius 2 is 2.00 bits per heavy atom. The van der Waals surface area contributed by atoms with Gasteiger partial charge in [-0.1, -0.05) is 34.5 Å². The average molecular weight is 388 g/mol. The van der Waals surface area contributed by atoms with Gasteiger partial charge in [-0.25, -0.2) is 0 Å². The predicted molar refractivity (Wildman–Crippen MR) is 91.5 cm³/mol. The third-order valence-electron chi connectivity index (χ3n) is 3.53. The highest BCUT2D eigenvalue weighted by molar-refractivity contribution is 9.09. The summed E-state index contributed by atoms with van der Waals surface area (Å²) in [5.74, 6) is 1.52. The number of hydrogen-bond donors (Lipinski definition) is 0. The van der Waals surface area contributed by atoms with Gasteiger partial charge in [0, 0.05) is 22.4 Å². The molecule has 3 rings (SSSR count). The third kappa shape index (κ3) is 3.08. The first-order chi connectivity index (χ1) is 10.2. The van der Waals surface area contributed by atoms with Gasteiger partial charge in [-0.15, -0.1) is 11.3 Å². The van der Waals surface area contributed by atoms with Crippen LogP contribution in [0, 0.1) is 0 Å². The van der Waals surface area contributed by atoms with Crippen molar-refractivity contribution in [1.82, 2.24) is 0 Å². The van der Waals surface area contributed by atoms with Gasteiger partial charge in [0.2, 0.25) is 0 Å². The first kappa shape index (κ1) is 15.2. The van der Waals surface area contributed by atoms with E-state index in [2.05, 4.69) is 34.3 Å². The molecule has 1 aliphatic rings. The van der Waals surface area contributed by atoms with Crippen molar-refractivity contribution in [2.45, 2.75) is 24.6 Å². The van der Waals surface area contributed by atoms with Crippen LogP contribution < -0.4 is 9.47 Å². The highest BCUT2D eigenvalue weighted by Crippen LogP contribution is 2.44. The molecule has 112 valence electrons. The van der Waals surface area contributed by atoms with Crippen molar-refractivity contribution in [3.63, 3.8) is 0 Å². The molecule has 0 aliphatic carbocycles. The van der Waals surface area contributed by atoms with Gasteiger partial charge in [0.1, 0.15) is 0 Å². The van der Waals surface area contributed by atoms with E-state index in [4.69, 9.17) is 21.1 Å². The Kier molecular flexibility index (Phi) is 4.77. The summed E-state index contributed by atoms with van der Waals surface area (Å²) in [6, 6.07) is 6.04. The molecule has 1 aliphatic heterocycles. The van der Waals surface area contributed by atoms with E-state index in [9.17, 15) is 0 Å². The normalized spacial score (nSPS) is 15.6. The topological polar surface area (TPSA) is 18.5 Å². The molecule has 0 fully saturated rings. The van der Waals surface area contributed by atoms with Gasteiger partial charge in [0.15, 0.2) is 11.5 Å². The molecule has 0 saturated heterocycles. The van der Waals surface area contributed by atoms with Crippen molar-refractivity contribution in [3.8, 4) is 11.5 Å². The molecule has 2 aromatic rings. The van der Waals surface area contributed by atoms with Crippen molar-refractivity contribution in [1.29, 1.82) is 0 Å². The zero-order valence-corrected chi connectivity index (χ0v) is 14.9. The third-order valence-corrected chi connectivity index (χ3v) is 6.14. The van der Waals surface area contributed by atoms with E-state index in [0.717, 1.165) is 29.9 Å². The molecule has 0 N–H and O–H groups in total. The standard InChI is InChI=1S/C16H16BrClO2S/c1-2-10-4-7-21-16(10)15(17)11-8-13-14(9-12(11)18)20-6-3-5-19-13/h4,7-9,15H,2-3,5-6H2,1H3. The first-order valence-electron chi connectivity index (χ1n) is 7.00. The number of aryl methyl sites for hydroxylation is 1. The molecule has 1 aromatic heterocycles. The quantitative estimate of drug-likeness (QED) is 0.637. The lowest BCUT2D eigenvalue weighted by atomic mass is 10.1. The Morgan fingerprint density at radius 1 is 1.29 bits per heavy atom. The Labute approximate surface area is 142 Å². The summed E-state index contributed by atoms with van der Waals surface area (Å²) in [4.78, 5) is 1.38. The SMILES string of the molecule is CCc1ccsc1C(Br)c1cc2c(cc1Cl)OCCCO2. The molecule has 0 spiro atoms. The zero-order valence-electron chi connectivity index (χ0n) is 11.7. The van der Waals surface area contributed by atoms with Crippen molar-refractivity contribution >= 4 is 38.9 Å². The lowest BCUT2D eigenvalue weighted by Crippen LogP contribution is -1.98. The first-order valence-corrected chi connectivity index (χ1v) is 9.17. The van der Waals surface area contributed by atoms with Crippen LogP contribution in [0.1, 0.15) is 34.2 Å². The number of alkyl halides is 1. The Balaban J connectivity index is 2.00. The van der Waals surface area contributed by atoms with Crippen LogP contribution in [-0.4, -0.2) is 13.2 Å². The maximum Gasteiger partial charge on any atom is 0.162 e. The highest BCUT2D eigenvalue weighted by Gasteiger charge is 2.22. The number of ether oxygens (including phenoxy) is 2. The summed E-state index contributed by atoms with van der Waals surface area (Å²) in [5.41, 5.74) is 2.38. The largest absolute Gasteiger partial charge is 0.490 e. The summed E-state index contributed by atoms with van der Waals surface area (Å²) in [5, 5.41) is 2.83. The van der Waals surface area contributed by atoms with Crippen LogP contribution in [-0.2, 0) is 6.42 Å². The number of thiophene rings is 1. The Hall–Kier alpha value is -0.710. The maximum atomic E-state index is 6.46. The van der Waals surface area contributed by atoms with Crippen molar-refractivity contribution in [2.75, 3.05) is 13.2 Å². The number of fused-ring (bicyclic) bond motifs is 1. The van der Waals surface area contributed by atoms with Gasteiger partial charge in [0.25, 0.3) is 0 Å². The molecule has 1 unspecified atom stereocenters. The fourth-order valence-electron chi connectivity index (χ4n) is 2.40. The van der Waals surface area contributed by atoms with E-state index < -0.39 is 0 Å². The van der Waals surface area contributed by atoms with Crippen LogP contribution in [0.15, 0.2) is 23.6 Å². The summed E-state index contributed by atoms with van der Waals surface area (Å²) >= 11 is 12.0. The molecule has 2 nitrogen and oxygen atoms in total. The van der Waals surface area contributed by atoms with Gasteiger partial charge in [-0.05, 0) is 35.1 Å². The second kappa shape index (κ2) is 6.59. The van der Waals surface area contributed by atoms with Crippen LogP contribution in [0.5, 0.6) is 11.5 Å². The van der Waals surface area contributed by atoms with E-state index in [1.165, 1.54) is 10.4 Å². The molecule has 2 heterocycles. The number of rotatable bonds is 3. The summed E-state index contributed by atoms with van der Waals surface area (Å²) in [6.07, 6.45) is 1.91. The lowest BCUT2D eigenvalue weighted by Gasteiger charge is -2.16. The summed E-state index contributed by atoms with van der Waals surface area (Å²) in [6.45, 7) is 3.52.